The molecule has 0 aromatic rings. The van der Waals surface area contributed by atoms with Crippen LogP contribution in [0.5, 0.6) is 0 Å². The number of allylic oxidation sites excluding steroid dienone is 1. The van der Waals surface area contributed by atoms with Gasteiger partial charge in [0.05, 0.1) is 11.8 Å². The minimum Gasteiger partial charge on any atom is -0.444 e. The highest BCUT2D eigenvalue weighted by atomic mass is 32.2. The second kappa shape index (κ2) is 14.8. The smallest absolute Gasteiger partial charge is 0.408 e. The fraction of sp³-hybridized carbons (Fsp3) is 0.781. The summed E-state index contributed by atoms with van der Waals surface area (Å²) < 4.78 is 30.6. The molecular weight excluding hydrogens is 614 g/mol. The fourth-order valence-electron chi connectivity index (χ4n) is 6.81. The number of sulfonamides is 1. The number of ether oxygens (including phenoxy) is 1. The number of nitrogens with one attached hydrogen (secondary N) is 3. The quantitative estimate of drug-likeness (QED) is 0.186. The Bertz CT molecular complexity index is 1290. The Kier molecular flexibility index (Phi) is 12.1. The summed E-state index contributed by atoms with van der Waals surface area (Å²) in [5, 5.41) is 7.91. The fourth-order valence-corrected chi connectivity index (χ4v) is 7.53. The number of amides is 4. The Balaban J connectivity index is 1.80. The first kappa shape index (κ1) is 37.5. The molecule has 0 radical (unpaired) electrons. The van der Waals surface area contributed by atoms with Crippen LogP contribution in [0, 0.1) is 23.2 Å². The molecule has 260 valence electrons. The molecule has 3 fully saturated rings. The van der Waals surface area contributed by atoms with Crippen LogP contribution in [0.25, 0.3) is 0 Å². The lowest BCUT2D eigenvalue weighted by Gasteiger charge is -2.37. The molecule has 3 N–H and O–H groups in total. The number of hydrogen-bond acceptors (Lipinski definition) is 8. The molecule has 1 unspecified atom stereocenters. The van der Waals surface area contributed by atoms with Gasteiger partial charge in [0.25, 0.3) is 5.91 Å². The highest BCUT2D eigenvalue weighted by Crippen LogP contribution is 2.65. The van der Waals surface area contributed by atoms with Gasteiger partial charge in [0, 0.05) is 27.2 Å². The van der Waals surface area contributed by atoms with Crippen LogP contribution < -0.4 is 16.0 Å². The van der Waals surface area contributed by atoms with Crippen molar-refractivity contribution in [1.29, 1.82) is 0 Å². The van der Waals surface area contributed by atoms with E-state index >= 15 is 0 Å². The Morgan fingerprint density at radius 3 is 2.26 bits per heavy atom. The average Bonchev–Trinajstić information content (AvgIpc) is 3.28. The van der Waals surface area contributed by atoms with Crippen LogP contribution in [-0.2, 0) is 33.9 Å². The Morgan fingerprint density at radius 1 is 1.07 bits per heavy atom. The van der Waals surface area contributed by atoms with Gasteiger partial charge in [-0.2, -0.15) is 0 Å². The van der Waals surface area contributed by atoms with Crippen molar-refractivity contribution in [1.82, 2.24) is 25.2 Å². The molecule has 1 heterocycles. The number of rotatable bonds is 14. The number of alkyl carbamates (subject to hydrolysis) is 1. The standard InChI is InChI=1S/C32H53N5O8S/c1-9-10-16-22(26(38)28(40)33-17-18-46(43,44)36(7)8)34-27(39)25-23-21(32(23,5)6)19-37(25)29(41)24(20-14-12-11-13-15-20)35-30(42)45-31(2,3)4/h9,20-25H,1,10-19H2,2-8H3,(H,33,40)(H,34,39)(H,35,42)/t21-,22?,23-,24-,25-/m0/s1. The highest BCUT2D eigenvalue weighted by molar-refractivity contribution is 7.89. The van der Waals surface area contributed by atoms with E-state index in [9.17, 15) is 32.4 Å². The molecular formula is C32H53N5O8S. The summed E-state index contributed by atoms with van der Waals surface area (Å²) in [7, 11) is -0.847. The highest BCUT2D eigenvalue weighted by Gasteiger charge is 2.69. The van der Waals surface area contributed by atoms with Crippen molar-refractivity contribution in [3.63, 3.8) is 0 Å². The van der Waals surface area contributed by atoms with E-state index in [1.165, 1.54) is 19.0 Å². The van der Waals surface area contributed by atoms with E-state index in [1.54, 1.807) is 26.8 Å². The number of nitrogens with zero attached hydrogens (tertiary/aromatic N) is 2. The lowest BCUT2D eigenvalue weighted by atomic mass is 9.83. The summed E-state index contributed by atoms with van der Waals surface area (Å²) in [5.41, 5.74) is -0.973. The Labute approximate surface area is 273 Å². The number of piperidine rings is 1. The number of carbonyl (C=O) groups is 5. The third-order valence-electron chi connectivity index (χ3n) is 9.54. The lowest BCUT2D eigenvalue weighted by molar-refractivity contribution is -0.145. The third-order valence-corrected chi connectivity index (χ3v) is 11.4. The number of Topliss-reactive ketones (excluding diaryl/α,β-unsaturated/α-hetero) is 1. The van der Waals surface area contributed by atoms with Gasteiger partial charge in [-0.1, -0.05) is 39.2 Å². The molecule has 1 aliphatic heterocycles. The first-order chi connectivity index (χ1) is 21.3. The van der Waals surface area contributed by atoms with Crippen LogP contribution in [-0.4, -0.2) is 104 Å². The molecule has 1 saturated heterocycles. The van der Waals surface area contributed by atoms with Crippen LogP contribution in [0.3, 0.4) is 0 Å². The van der Waals surface area contributed by atoms with E-state index in [0.717, 1.165) is 36.4 Å². The summed E-state index contributed by atoms with van der Waals surface area (Å²) in [5.74, 6) is -3.41. The van der Waals surface area contributed by atoms with E-state index in [4.69, 9.17) is 4.74 Å². The number of fused-ring (bicyclic) bond motifs is 1. The molecule has 0 aromatic heterocycles. The van der Waals surface area contributed by atoms with Gasteiger partial charge in [0.1, 0.15) is 17.7 Å². The molecule has 2 saturated carbocycles. The molecule has 3 rings (SSSR count). The van der Waals surface area contributed by atoms with Crippen molar-refractivity contribution in [2.24, 2.45) is 23.2 Å². The zero-order valence-electron chi connectivity index (χ0n) is 28.4. The van der Waals surface area contributed by atoms with Gasteiger partial charge in [0.2, 0.25) is 27.6 Å². The third kappa shape index (κ3) is 9.08. The molecule has 3 aliphatic rings. The predicted molar refractivity (Wildman–Crippen MR) is 173 cm³/mol. The molecule has 0 aromatic carbocycles. The van der Waals surface area contributed by atoms with Crippen molar-refractivity contribution in [2.45, 2.75) is 103 Å². The second-order valence-electron chi connectivity index (χ2n) is 14.6. The summed E-state index contributed by atoms with van der Waals surface area (Å²) in [4.78, 5) is 68.6. The number of ketones is 1. The topological polar surface area (TPSA) is 171 Å². The molecule has 5 atom stereocenters. The van der Waals surface area contributed by atoms with E-state index in [2.05, 4.69) is 22.5 Å². The zero-order chi connectivity index (χ0) is 34.6. The average molecular weight is 668 g/mol. The van der Waals surface area contributed by atoms with Crippen molar-refractivity contribution in [3.05, 3.63) is 12.7 Å². The Morgan fingerprint density at radius 2 is 1.70 bits per heavy atom. The van der Waals surface area contributed by atoms with Crippen molar-refractivity contribution >= 4 is 39.6 Å². The molecule has 0 spiro atoms. The molecule has 13 nitrogen and oxygen atoms in total. The van der Waals surface area contributed by atoms with Crippen LogP contribution in [0.2, 0.25) is 0 Å². The van der Waals surface area contributed by atoms with E-state index in [-0.39, 0.29) is 47.8 Å². The van der Waals surface area contributed by atoms with Crippen molar-refractivity contribution < 1.29 is 37.1 Å². The summed E-state index contributed by atoms with van der Waals surface area (Å²) in [6.45, 7) is 13.1. The van der Waals surface area contributed by atoms with Crippen molar-refractivity contribution in [2.75, 3.05) is 32.9 Å². The number of carbonyl (C=O) groups excluding carboxylic acids is 5. The van der Waals surface area contributed by atoms with Crippen LogP contribution in [0.15, 0.2) is 12.7 Å². The van der Waals surface area contributed by atoms with Gasteiger partial charge >= 0.3 is 6.09 Å². The van der Waals surface area contributed by atoms with Gasteiger partial charge < -0.3 is 25.6 Å². The number of likely N-dealkylation sites (tertiary alicyclic amines) is 1. The number of hydrogen-bond donors (Lipinski definition) is 3. The zero-order valence-corrected chi connectivity index (χ0v) is 29.2. The minimum atomic E-state index is -3.59. The van der Waals surface area contributed by atoms with Gasteiger partial charge in [-0.3, -0.25) is 19.2 Å². The second-order valence-corrected chi connectivity index (χ2v) is 16.9. The molecule has 4 amide bonds. The lowest BCUT2D eigenvalue weighted by Crippen LogP contribution is -2.60. The molecule has 2 aliphatic carbocycles. The maximum Gasteiger partial charge on any atom is 0.408 e. The molecule has 46 heavy (non-hydrogen) atoms. The maximum atomic E-state index is 14.3. The van der Waals surface area contributed by atoms with Gasteiger partial charge in [-0.15, -0.1) is 6.58 Å². The van der Waals surface area contributed by atoms with Crippen LogP contribution in [0.1, 0.15) is 79.6 Å². The summed E-state index contributed by atoms with van der Waals surface area (Å²) >= 11 is 0. The largest absolute Gasteiger partial charge is 0.444 e. The summed E-state index contributed by atoms with van der Waals surface area (Å²) in [6, 6.07) is -2.97. The maximum absolute atomic E-state index is 14.3. The molecule has 0 bridgehead atoms. The molecule has 14 heteroatoms. The van der Waals surface area contributed by atoms with Gasteiger partial charge in [-0.05, 0) is 69.6 Å². The van der Waals surface area contributed by atoms with Crippen LogP contribution in [0.4, 0.5) is 4.79 Å². The minimum absolute atomic E-state index is 0.0602. The monoisotopic (exact) mass is 667 g/mol. The van der Waals surface area contributed by atoms with E-state index in [0.29, 0.717) is 13.0 Å². The Hall–Kier alpha value is -3.00. The van der Waals surface area contributed by atoms with E-state index < -0.39 is 57.4 Å². The first-order valence-electron chi connectivity index (χ1n) is 16.2. The first-order valence-corrected chi connectivity index (χ1v) is 17.9. The van der Waals surface area contributed by atoms with Crippen LogP contribution >= 0.6 is 0 Å². The summed E-state index contributed by atoms with van der Waals surface area (Å²) in [6.07, 6.45) is 5.74. The van der Waals surface area contributed by atoms with Gasteiger partial charge in [0.15, 0.2) is 0 Å². The SMILES string of the molecule is C=CCCC(NC(=O)[C@@H]1[C@@H]2[C@H](CN1C(=O)[C@@H](NC(=O)OC(C)(C)C)C1CCCCC1)C2(C)C)C(=O)C(=O)NCCS(=O)(=O)N(C)C. The van der Waals surface area contributed by atoms with Crippen molar-refractivity contribution in [3.8, 4) is 0 Å². The van der Waals surface area contributed by atoms with Gasteiger partial charge in [-0.25, -0.2) is 17.5 Å². The predicted octanol–water partition coefficient (Wildman–Crippen LogP) is 1.97. The van der Waals surface area contributed by atoms with E-state index in [1.807, 2.05) is 13.8 Å². The normalized spacial score (nSPS) is 23.9.